The molecule has 0 bridgehead atoms. The third kappa shape index (κ3) is 3.30. The smallest absolute Gasteiger partial charge is 0.234 e. The Kier molecular flexibility index (Phi) is 4.50. The van der Waals surface area contributed by atoms with Gasteiger partial charge >= 0.3 is 0 Å². The van der Waals surface area contributed by atoms with Gasteiger partial charge in [0.1, 0.15) is 0 Å². The molecule has 0 aromatic heterocycles. The predicted octanol–water partition coefficient (Wildman–Crippen LogP) is 6.14. The van der Waals surface area contributed by atoms with E-state index in [2.05, 4.69) is 77.9 Å². The van der Waals surface area contributed by atoms with Crippen LogP contribution >= 0.6 is 0 Å². The average Bonchev–Trinajstić information content (AvgIpc) is 2.54. The van der Waals surface area contributed by atoms with Crippen LogP contribution in [-0.2, 0) is 22.0 Å². The molecule has 1 aliphatic heterocycles. The summed E-state index contributed by atoms with van der Waals surface area (Å²) in [6, 6.07) is 15.0. The van der Waals surface area contributed by atoms with Gasteiger partial charge < -0.3 is 0 Å². The summed E-state index contributed by atoms with van der Waals surface area (Å²) in [5.74, 6) is 0.191. The zero-order valence-electron chi connectivity index (χ0n) is 17.2. The average molecular weight is 350 g/mol. The monoisotopic (exact) mass is 349 g/mol. The standard InChI is InChI=1S/C24H31NO/c1-16-14-17-10-8-9-11-20(17)25(22(16)26)21-15-18(23(2,3)4)12-13-19(21)24(5,6)7/h8-13,15-16H,14H2,1-7H3/t16-/m1/s1. The Hall–Kier alpha value is -2.09. The lowest BCUT2D eigenvalue weighted by molar-refractivity contribution is -0.121. The van der Waals surface area contributed by atoms with E-state index in [0.29, 0.717) is 0 Å². The molecule has 0 spiro atoms. The number of nitrogens with zero attached hydrogens (tertiary/aromatic N) is 1. The van der Waals surface area contributed by atoms with Gasteiger partial charge in [-0.05, 0) is 46.1 Å². The van der Waals surface area contributed by atoms with E-state index in [-0.39, 0.29) is 22.7 Å². The molecule has 1 heterocycles. The summed E-state index contributed by atoms with van der Waals surface area (Å²) in [6.45, 7) is 15.3. The molecule has 2 heteroatoms. The number of rotatable bonds is 1. The molecule has 0 fully saturated rings. The van der Waals surface area contributed by atoms with E-state index in [0.717, 1.165) is 17.8 Å². The lowest BCUT2D eigenvalue weighted by Crippen LogP contribution is -2.38. The second-order valence-corrected chi connectivity index (χ2v) is 9.64. The van der Waals surface area contributed by atoms with Gasteiger partial charge in [-0.2, -0.15) is 0 Å². The molecule has 26 heavy (non-hydrogen) atoms. The summed E-state index contributed by atoms with van der Waals surface area (Å²) in [5, 5.41) is 0. The molecule has 1 atom stereocenters. The van der Waals surface area contributed by atoms with Crippen molar-refractivity contribution in [1.82, 2.24) is 0 Å². The molecule has 3 rings (SSSR count). The number of hydrogen-bond acceptors (Lipinski definition) is 1. The largest absolute Gasteiger partial charge is 0.280 e. The molecule has 0 N–H and O–H groups in total. The van der Waals surface area contributed by atoms with Crippen molar-refractivity contribution in [2.45, 2.75) is 65.7 Å². The molecule has 138 valence electrons. The van der Waals surface area contributed by atoms with Gasteiger partial charge in [0.15, 0.2) is 0 Å². The fourth-order valence-corrected chi connectivity index (χ4v) is 3.72. The molecule has 2 aromatic carbocycles. The minimum absolute atomic E-state index is 0.00369. The number of fused-ring (bicyclic) bond motifs is 1. The minimum Gasteiger partial charge on any atom is -0.280 e. The molecule has 2 nitrogen and oxygen atoms in total. The summed E-state index contributed by atoms with van der Waals surface area (Å²) in [5.41, 5.74) is 5.78. The van der Waals surface area contributed by atoms with Gasteiger partial charge in [0.05, 0.1) is 11.4 Å². The van der Waals surface area contributed by atoms with Crippen LogP contribution in [-0.4, -0.2) is 5.91 Å². The first-order chi connectivity index (χ1) is 12.0. The van der Waals surface area contributed by atoms with E-state index in [1.807, 2.05) is 17.9 Å². The number of anilines is 2. The predicted molar refractivity (Wildman–Crippen MR) is 110 cm³/mol. The minimum atomic E-state index is -0.0400. The van der Waals surface area contributed by atoms with Gasteiger partial charge in [-0.3, -0.25) is 9.69 Å². The lowest BCUT2D eigenvalue weighted by Gasteiger charge is -2.37. The first-order valence-corrected chi connectivity index (χ1v) is 9.57. The molecule has 1 aliphatic rings. The number of carbonyl (C=O) groups is 1. The van der Waals surface area contributed by atoms with Crippen LogP contribution in [0.4, 0.5) is 11.4 Å². The first-order valence-electron chi connectivity index (χ1n) is 9.57. The van der Waals surface area contributed by atoms with Crippen LogP contribution in [0.1, 0.15) is 65.2 Å². The Morgan fingerprint density at radius 2 is 1.54 bits per heavy atom. The molecule has 0 unspecified atom stereocenters. The second-order valence-electron chi connectivity index (χ2n) is 9.64. The van der Waals surface area contributed by atoms with Crippen LogP contribution in [0, 0.1) is 5.92 Å². The highest BCUT2D eigenvalue weighted by molar-refractivity contribution is 6.05. The Labute approximate surface area is 158 Å². The van der Waals surface area contributed by atoms with Gasteiger partial charge in [-0.15, -0.1) is 0 Å². The number of amides is 1. The fourth-order valence-electron chi connectivity index (χ4n) is 3.72. The third-order valence-corrected chi connectivity index (χ3v) is 5.31. The number of benzene rings is 2. The zero-order valence-corrected chi connectivity index (χ0v) is 17.2. The van der Waals surface area contributed by atoms with Crippen molar-refractivity contribution >= 4 is 17.3 Å². The Bertz CT molecular complexity index is 836. The van der Waals surface area contributed by atoms with Gasteiger partial charge in [0, 0.05) is 5.92 Å². The Morgan fingerprint density at radius 3 is 2.15 bits per heavy atom. The Morgan fingerprint density at radius 1 is 0.885 bits per heavy atom. The topological polar surface area (TPSA) is 20.3 Å². The maximum Gasteiger partial charge on any atom is 0.234 e. The van der Waals surface area contributed by atoms with E-state index in [4.69, 9.17) is 0 Å². The van der Waals surface area contributed by atoms with Crippen LogP contribution in [0.25, 0.3) is 0 Å². The maximum absolute atomic E-state index is 13.3. The zero-order chi connectivity index (χ0) is 19.3. The first kappa shape index (κ1) is 18.7. The fraction of sp³-hybridized carbons (Fsp3) is 0.458. The maximum atomic E-state index is 13.3. The second kappa shape index (κ2) is 6.26. The van der Waals surface area contributed by atoms with Gasteiger partial charge in [0.25, 0.3) is 0 Å². The van der Waals surface area contributed by atoms with Crippen molar-refractivity contribution in [2.75, 3.05) is 4.90 Å². The van der Waals surface area contributed by atoms with Crippen LogP contribution in [0.3, 0.4) is 0 Å². The summed E-state index contributed by atoms with van der Waals surface area (Å²) in [4.78, 5) is 15.2. The molecule has 0 aliphatic carbocycles. The molecule has 1 amide bonds. The van der Waals surface area contributed by atoms with Crippen molar-refractivity contribution in [2.24, 2.45) is 5.92 Å². The SMILES string of the molecule is C[C@@H]1Cc2ccccc2N(c2cc(C(C)(C)C)ccc2C(C)(C)C)C1=O. The highest BCUT2D eigenvalue weighted by atomic mass is 16.2. The third-order valence-electron chi connectivity index (χ3n) is 5.31. The molecule has 2 aromatic rings. The normalized spacial score (nSPS) is 18.0. The van der Waals surface area contributed by atoms with Crippen molar-refractivity contribution in [1.29, 1.82) is 0 Å². The number of hydrogen-bond donors (Lipinski definition) is 0. The van der Waals surface area contributed by atoms with E-state index in [1.165, 1.54) is 16.7 Å². The van der Waals surface area contributed by atoms with Crippen LogP contribution in [0.15, 0.2) is 42.5 Å². The quantitative estimate of drug-likeness (QED) is 0.605. The molecular formula is C24H31NO. The Balaban J connectivity index is 2.29. The van der Waals surface area contributed by atoms with Crippen molar-refractivity contribution in [3.8, 4) is 0 Å². The van der Waals surface area contributed by atoms with E-state index < -0.39 is 0 Å². The van der Waals surface area contributed by atoms with Gasteiger partial charge in [0.2, 0.25) is 5.91 Å². The number of carbonyl (C=O) groups excluding carboxylic acids is 1. The lowest BCUT2D eigenvalue weighted by atomic mass is 9.80. The summed E-state index contributed by atoms with van der Waals surface area (Å²) >= 11 is 0. The highest BCUT2D eigenvalue weighted by Crippen LogP contribution is 2.42. The van der Waals surface area contributed by atoms with Crippen LogP contribution < -0.4 is 4.90 Å². The summed E-state index contributed by atoms with van der Waals surface area (Å²) < 4.78 is 0. The van der Waals surface area contributed by atoms with Gasteiger partial charge in [-0.25, -0.2) is 0 Å². The van der Waals surface area contributed by atoms with Crippen molar-refractivity contribution in [3.63, 3.8) is 0 Å². The molecular weight excluding hydrogens is 318 g/mol. The molecule has 0 saturated carbocycles. The van der Waals surface area contributed by atoms with Gasteiger partial charge in [-0.1, -0.05) is 78.8 Å². The van der Waals surface area contributed by atoms with Crippen molar-refractivity contribution in [3.05, 3.63) is 59.2 Å². The van der Waals surface area contributed by atoms with E-state index >= 15 is 0 Å². The van der Waals surface area contributed by atoms with Crippen LogP contribution in [0.5, 0.6) is 0 Å². The van der Waals surface area contributed by atoms with E-state index in [1.54, 1.807) is 0 Å². The van der Waals surface area contributed by atoms with E-state index in [9.17, 15) is 4.79 Å². The highest BCUT2D eigenvalue weighted by Gasteiger charge is 2.34. The number of para-hydroxylation sites is 1. The van der Waals surface area contributed by atoms with Crippen molar-refractivity contribution < 1.29 is 4.79 Å². The molecule has 0 radical (unpaired) electrons. The van der Waals surface area contributed by atoms with Crippen LogP contribution in [0.2, 0.25) is 0 Å². The summed E-state index contributed by atoms with van der Waals surface area (Å²) in [6.07, 6.45) is 0.815. The summed E-state index contributed by atoms with van der Waals surface area (Å²) in [7, 11) is 0. The molecule has 0 saturated heterocycles.